The molecule has 6 aromatic rings. The highest BCUT2D eigenvalue weighted by Crippen LogP contribution is 2.26. The molecule has 0 aliphatic carbocycles. The molecule has 292 valence electrons. The smallest absolute Gasteiger partial charge is 0.410 e. The summed E-state index contributed by atoms with van der Waals surface area (Å²) in [6.45, 7) is 13.4. The molecule has 8 rings (SSSR count). The van der Waals surface area contributed by atoms with E-state index < -0.39 is 5.60 Å². The zero-order valence-electron chi connectivity index (χ0n) is 32.3. The van der Waals surface area contributed by atoms with E-state index >= 15 is 0 Å². The minimum absolute atomic E-state index is 0. The lowest BCUT2D eigenvalue weighted by atomic mass is 10.2. The maximum atomic E-state index is 12.3. The van der Waals surface area contributed by atoms with Crippen LogP contribution in [-0.2, 0) is 17.8 Å². The predicted molar refractivity (Wildman–Crippen MR) is 237 cm³/mol. The van der Waals surface area contributed by atoms with Gasteiger partial charge in [0, 0.05) is 76.2 Å². The van der Waals surface area contributed by atoms with Crippen LogP contribution in [0.1, 0.15) is 31.9 Å². The van der Waals surface area contributed by atoms with Crippen molar-refractivity contribution in [3.8, 4) is 0 Å². The van der Waals surface area contributed by atoms with Crippen molar-refractivity contribution in [3.63, 3.8) is 0 Å². The maximum Gasteiger partial charge on any atom is 0.410 e. The fraction of sp³-hybridized carbons (Fsp3) is 0.326. The van der Waals surface area contributed by atoms with E-state index in [4.69, 9.17) is 24.7 Å². The summed E-state index contributed by atoms with van der Waals surface area (Å²) < 4.78 is 5.50. The minimum Gasteiger partial charge on any atom is -0.444 e. The van der Waals surface area contributed by atoms with Crippen molar-refractivity contribution in [3.05, 3.63) is 120 Å². The number of nitrogens with one attached hydrogen (secondary N) is 3. The number of benzene rings is 4. The van der Waals surface area contributed by atoms with Crippen molar-refractivity contribution in [1.29, 1.82) is 0 Å². The molecule has 4 aromatic carbocycles. The van der Waals surface area contributed by atoms with Crippen molar-refractivity contribution in [2.24, 2.45) is 0 Å². The number of para-hydroxylation sites is 2. The first-order valence-corrected chi connectivity index (χ1v) is 19.1. The van der Waals surface area contributed by atoms with Crippen LogP contribution in [0.2, 0.25) is 0 Å². The molecule has 2 aliphatic heterocycles. The molecule has 0 bridgehead atoms. The SMILES string of the molecule is CC(C)(C)OC(=O)N1CCN(c2nc(NCc3ccccc3)c3ccccc3n2)CC1.I.c1ccc(CNc2nc(N3CCNCC3)nc3ccccc23)cc1. The number of hydrogen-bond acceptors (Lipinski definition) is 11. The number of fused-ring (bicyclic) bond motifs is 2. The largest absolute Gasteiger partial charge is 0.444 e. The van der Waals surface area contributed by atoms with Gasteiger partial charge in [0.15, 0.2) is 0 Å². The normalized spacial score (nSPS) is 14.4. The third-order valence-corrected chi connectivity index (χ3v) is 9.40. The second-order valence-corrected chi connectivity index (χ2v) is 14.6. The zero-order chi connectivity index (χ0) is 38.0. The number of rotatable bonds is 8. The number of aromatic nitrogens is 4. The topological polar surface area (TPSA) is 124 Å². The molecule has 3 N–H and O–H groups in total. The highest BCUT2D eigenvalue weighted by molar-refractivity contribution is 14.0. The van der Waals surface area contributed by atoms with Crippen LogP contribution in [0.5, 0.6) is 0 Å². The molecule has 12 nitrogen and oxygen atoms in total. The van der Waals surface area contributed by atoms with E-state index in [0.717, 1.165) is 72.1 Å². The Labute approximate surface area is 346 Å². The van der Waals surface area contributed by atoms with Gasteiger partial charge in [-0.2, -0.15) is 9.97 Å². The summed E-state index contributed by atoms with van der Waals surface area (Å²) >= 11 is 0. The van der Waals surface area contributed by atoms with Crippen molar-refractivity contribution in [2.45, 2.75) is 39.5 Å². The predicted octanol–water partition coefficient (Wildman–Crippen LogP) is 7.57. The number of hydrogen-bond donors (Lipinski definition) is 3. The first-order chi connectivity index (χ1) is 26.8. The fourth-order valence-electron chi connectivity index (χ4n) is 6.52. The Morgan fingerprint density at radius 1 is 0.607 bits per heavy atom. The van der Waals surface area contributed by atoms with Crippen LogP contribution >= 0.6 is 24.0 Å². The first kappa shape index (κ1) is 40.4. The monoisotopic (exact) mass is 866 g/mol. The third kappa shape index (κ3) is 10.7. The van der Waals surface area contributed by atoms with Crippen molar-refractivity contribution < 1.29 is 9.53 Å². The molecule has 0 saturated carbocycles. The summed E-state index contributed by atoms with van der Waals surface area (Å²) in [6.07, 6.45) is -0.267. The summed E-state index contributed by atoms with van der Waals surface area (Å²) in [6, 6.07) is 36.9. The standard InChI is InChI=1S/C24H29N5O2.C19H21N5.HI/c1-24(2,3)31-23(30)29-15-13-28(14-16-29)22-26-20-12-8-7-11-19(20)21(27-22)25-17-18-9-5-4-6-10-18;1-2-6-15(7-3-1)14-21-18-16-8-4-5-9-17(16)22-19(23-18)24-12-10-20-11-13-24;/h4-12H,13-17H2,1-3H3,(H,25,26,27);1-9,20H,10-14H2,(H,21,22,23);1H. The van der Waals surface area contributed by atoms with E-state index in [0.29, 0.717) is 38.7 Å². The van der Waals surface area contributed by atoms with E-state index in [1.165, 1.54) is 11.1 Å². The van der Waals surface area contributed by atoms with Gasteiger partial charge in [0.05, 0.1) is 11.0 Å². The van der Waals surface area contributed by atoms with E-state index in [2.05, 4.69) is 74.3 Å². The number of halogens is 1. The summed E-state index contributed by atoms with van der Waals surface area (Å²) in [4.78, 5) is 37.7. The number of carbonyl (C=O) groups excluding carboxylic acids is 1. The molecule has 0 atom stereocenters. The summed E-state index contributed by atoms with van der Waals surface area (Å²) in [7, 11) is 0. The maximum absolute atomic E-state index is 12.3. The van der Waals surface area contributed by atoms with E-state index in [1.807, 2.05) is 81.4 Å². The van der Waals surface area contributed by atoms with Crippen LogP contribution < -0.4 is 25.8 Å². The highest BCUT2D eigenvalue weighted by atomic mass is 127. The third-order valence-electron chi connectivity index (χ3n) is 9.40. The van der Waals surface area contributed by atoms with Gasteiger partial charge in [-0.3, -0.25) is 0 Å². The number of carbonyl (C=O) groups is 1. The molecule has 2 aliphatic rings. The van der Waals surface area contributed by atoms with Crippen LogP contribution in [0.3, 0.4) is 0 Å². The molecule has 0 spiro atoms. The minimum atomic E-state index is -0.491. The summed E-state index contributed by atoms with van der Waals surface area (Å²) in [5.41, 5.74) is 3.82. The van der Waals surface area contributed by atoms with Gasteiger partial charge < -0.3 is 35.4 Å². The van der Waals surface area contributed by atoms with Crippen molar-refractivity contribution in [1.82, 2.24) is 30.2 Å². The van der Waals surface area contributed by atoms with E-state index in [9.17, 15) is 4.79 Å². The number of anilines is 4. The average molecular weight is 867 g/mol. The van der Waals surface area contributed by atoms with Crippen molar-refractivity contribution in [2.75, 3.05) is 72.8 Å². The lowest BCUT2D eigenvalue weighted by Crippen LogP contribution is -2.50. The van der Waals surface area contributed by atoms with Gasteiger partial charge in [0.1, 0.15) is 17.2 Å². The number of piperazine rings is 2. The van der Waals surface area contributed by atoms with Crippen molar-refractivity contribution >= 4 is 75.4 Å². The van der Waals surface area contributed by atoms with Crippen LogP contribution in [0.15, 0.2) is 109 Å². The van der Waals surface area contributed by atoms with Crippen LogP contribution in [0.4, 0.5) is 28.3 Å². The number of amides is 1. The lowest BCUT2D eigenvalue weighted by molar-refractivity contribution is 0.0240. The molecule has 0 unspecified atom stereocenters. The molecule has 2 saturated heterocycles. The van der Waals surface area contributed by atoms with Gasteiger partial charge >= 0.3 is 6.09 Å². The molecule has 0 radical (unpaired) electrons. The Morgan fingerprint density at radius 3 is 1.50 bits per heavy atom. The van der Waals surface area contributed by atoms with Gasteiger partial charge in [-0.05, 0) is 56.2 Å². The number of ether oxygens (including phenoxy) is 1. The zero-order valence-corrected chi connectivity index (χ0v) is 34.6. The second-order valence-electron chi connectivity index (χ2n) is 14.6. The fourth-order valence-corrected chi connectivity index (χ4v) is 6.52. The second kappa shape index (κ2) is 19.0. The molecule has 1 amide bonds. The lowest BCUT2D eigenvalue weighted by Gasteiger charge is -2.35. The molecule has 4 heterocycles. The summed E-state index contributed by atoms with van der Waals surface area (Å²) in [5, 5.41) is 12.4. The Hall–Kier alpha value is -5.28. The van der Waals surface area contributed by atoms with E-state index in [-0.39, 0.29) is 30.1 Å². The Kier molecular flexibility index (Phi) is 13.7. The molecule has 2 fully saturated rings. The molecular weight excluding hydrogens is 815 g/mol. The molecular formula is C43H51IN10O2. The van der Waals surface area contributed by atoms with Gasteiger partial charge in [-0.15, -0.1) is 24.0 Å². The molecule has 13 heteroatoms. The molecule has 56 heavy (non-hydrogen) atoms. The molecule has 2 aromatic heterocycles. The Bertz CT molecular complexity index is 2170. The van der Waals surface area contributed by atoms with E-state index in [1.54, 1.807) is 4.90 Å². The Morgan fingerprint density at radius 2 is 1.04 bits per heavy atom. The van der Waals surface area contributed by atoms with Crippen LogP contribution in [0, 0.1) is 0 Å². The average Bonchev–Trinajstić information content (AvgIpc) is 3.22. The van der Waals surface area contributed by atoms with Crippen LogP contribution in [0.25, 0.3) is 21.8 Å². The van der Waals surface area contributed by atoms with Gasteiger partial charge in [-0.25, -0.2) is 14.8 Å². The number of nitrogens with zero attached hydrogens (tertiary/aromatic N) is 7. The quantitative estimate of drug-likeness (QED) is 0.131. The van der Waals surface area contributed by atoms with Crippen LogP contribution in [-0.4, -0.2) is 88.9 Å². The van der Waals surface area contributed by atoms with Gasteiger partial charge in [-0.1, -0.05) is 84.9 Å². The van der Waals surface area contributed by atoms with Gasteiger partial charge in [0.25, 0.3) is 0 Å². The highest BCUT2D eigenvalue weighted by Gasteiger charge is 2.27. The first-order valence-electron chi connectivity index (χ1n) is 19.1. The summed E-state index contributed by atoms with van der Waals surface area (Å²) in [5.74, 6) is 3.21. The Balaban J connectivity index is 0.000000192. The van der Waals surface area contributed by atoms with Gasteiger partial charge in [0.2, 0.25) is 11.9 Å².